The van der Waals surface area contributed by atoms with E-state index in [-0.39, 0.29) is 36.8 Å². The first-order valence-corrected chi connectivity index (χ1v) is 9.07. The number of nitrogens with one attached hydrogen (secondary N) is 1. The van der Waals surface area contributed by atoms with Gasteiger partial charge >= 0.3 is 0 Å². The van der Waals surface area contributed by atoms with Crippen molar-refractivity contribution in [2.75, 3.05) is 6.54 Å². The Kier molecular flexibility index (Phi) is 9.10. The van der Waals surface area contributed by atoms with Gasteiger partial charge in [0.25, 0.3) is 0 Å². The third kappa shape index (κ3) is 6.27. The van der Waals surface area contributed by atoms with Gasteiger partial charge in [-0.2, -0.15) is 0 Å². The van der Waals surface area contributed by atoms with E-state index in [0.29, 0.717) is 31.2 Å². The van der Waals surface area contributed by atoms with Crippen LogP contribution in [0.5, 0.6) is 0 Å². The van der Waals surface area contributed by atoms with Gasteiger partial charge in [0, 0.05) is 35.5 Å². The van der Waals surface area contributed by atoms with E-state index in [4.69, 9.17) is 10.2 Å². The van der Waals surface area contributed by atoms with Crippen molar-refractivity contribution >= 4 is 46.7 Å². The van der Waals surface area contributed by atoms with E-state index in [1.54, 1.807) is 0 Å². The maximum atomic E-state index is 11.9. The van der Waals surface area contributed by atoms with E-state index in [1.165, 1.54) is 12.8 Å². The largest absolute Gasteiger partial charge is 0.440 e. The van der Waals surface area contributed by atoms with Crippen molar-refractivity contribution in [1.29, 1.82) is 0 Å². The van der Waals surface area contributed by atoms with Gasteiger partial charge in [-0.15, -0.1) is 24.8 Å². The molecule has 144 valence electrons. The lowest BCUT2D eigenvalue weighted by molar-refractivity contribution is -0.121. The summed E-state index contributed by atoms with van der Waals surface area (Å²) >= 11 is 3.42. The summed E-state index contributed by atoms with van der Waals surface area (Å²) in [5.74, 6) is 1.93. The summed E-state index contributed by atoms with van der Waals surface area (Å²) in [4.78, 5) is 16.4. The third-order valence-electron chi connectivity index (χ3n) is 4.28. The molecule has 3 N–H and O–H groups in total. The summed E-state index contributed by atoms with van der Waals surface area (Å²) in [6, 6.07) is 7.98. The zero-order valence-electron chi connectivity index (χ0n) is 14.5. The second-order valence-electron chi connectivity index (χ2n) is 6.33. The molecule has 1 saturated carbocycles. The number of oxazole rings is 1. The molecule has 1 heterocycles. The molecule has 0 spiro atoms. The Balaban J connectivity index is 0.00000169. The van der Waals surface area contributed by atoms with Gasteiger partial charge in [0.1, 0.15) is 0 Å². The van der Waals surface area contributed by atoms with E-state index < -0.39 is 0 Å². The average Bonchev–Trinajstić information content (AvgIpc) is 3.35. The van der Waals surface area contributed by atoms with Gasteiger partial charge in [-0.25, -0.2) is 4.98 Å². The van der Waals surface area contributed by atoms with E-state index in [2.05, 4.69) is 26.2 Å². The molecule has 8 heteroatoms. The number of nitrogens with zero attached hydrogens (tertiary/aromatic N) is 1. The number of halogens is 3. The summed E-state index contributed by atoms with van der Waals surface area (Å²) in [6.07, 6.45) is 3.22. The topological polar surface area (TPSA) is 81.2 Å². The number of hydrogen-bond acceptors (Lipinski definition) is 4. The monoisotopic (exact) mass is 463 g/mol. The van der Waals surface area contributed by atoms with E-state index >= 15 is 0 Å². The zero-order valence-corrected chi connectivity index (χ0v) is 17.8. The van der Waals surface area contributed by atoms with Crippen molar-refractivity contribution in [3.8, 4) is 11.3 Å². The molecule has 1 atom stereocenters. The number of carbonyl (C=O) groups is 1. The molecule has 26 heavy (non-hydrogen) atoms. The summed E-state index contributed by atoms with van der Waals surface area (Å²) in [5, 5.41) is 2.89. The summed E-state index contributed by atoms with van der Waals surface area (Å²) < 4.78 is 6.85. The van der Waals surface area contributed by atoms with Crippen LogP contribution in [0.4, 0.5) is 0 Å². The van der Waals surface area contributed by atoms with Crippen molar-refractivity contribution in [3.05, 3.63) is 40.3 Å². The Morgan fingerprint density at radius 2 is 2.00 bits per heavy atom. The molecule has 2 aromatic rings. The van der Waals surface area contributed by atoms with Crippen LogP contribution in [-0.2, 0) is 11.2 Å². The van der Waals surface area contributed by atoms with Gasteiger partial charge in [-0.1, -0.05) is 28.1 Å². The number of aromatic nitrogens is 1. The van der Waals surface area contributed by atoms with Crippen molar-refractivity contribution in [1.82, 2.24) is 10.3 Å². The lowest BCUT2D eigenvalue weighted by Gasteiger charge is -2.10. The molecule has 1 amide bonds. The van der Waals surface area contributed by atoms with Crippen LogP contribution in [0.25, 0.3) is 11.3 Å². The van der Waals surface area contributed by atoms with Gasteiger partial charge in [-0.05, 0) is 37.8 Å². The fourth-order valence-electron chi connectivity index (χ4n) is 2.66. The summed E-state index contributed by atoms with van der Waals surface area (Å²) in [7, 11) is 0. The van der Waals surface area contributed by atoms with Crippen LogP contribution < -0.4 is 11.1 Å². The smallest absolute Gasteiger partial charge is 0.220 e. The molecule has 5 nitrogen and oxygen atoms in total. The van der Waals surface area contributed by atoms with Gasteiger partial charge in [0.05, 0.1) is 5.69 Å². The molecule has 0 bridgehead atoms. The normalized spacial score (nSPS) is 14.1. The average molecular weight is 465 g/mol. The second-order valence-corrected chi connectivity index (χ2v) is 7.25. The van der Waals surface area contributed by atoms with Crippen LogP contribution in [0.15, 0.2) is 33.2 Å². The predicted octanol–water partition coefficient (Wildman–Crippen LogP) is 4.04. The number of amides is 1. The van der Waals surface area contributed by atoms with Gasteiger partial charge in [0.2, 0.25) is 5.91 Å². The highest BCUT2D eigenvalue weighted by molar-refractivity contribution is 9.10. The molecule has 1 aromatic heterocycles. The van der Waals surface area contributed by atoms with Gasteiger partial charge in [0.15, 0.2) is 11.7 Å². The summed E-state index contributed by atoms with van der Waals surface area (Å²) in [5.41, 5.74) is 7.80. The van der Waals surface area contributed by atoms with Gasteiger partial charge < -0.3 is 15.5 Å². The predicted molar refractivity (Wildman–Crippen MR) is 111 cm³/mol. The molecule has 1 unspecified atom stereocenters. The first-order valence-electron chi connectivity index (χ1n) is 8.27. The molecule has 1 aliphatic carbocycles. The van der Waals surface area contributed by atoms with Crippen LogP contribution in [-0.4, -0.2) is 23.5 Å². The lowest BCUT2D eigenvalue weighted by atomic mass is 10.1. The van der Waals surface area contributed by atoms with Crippen LogP contribution >= 0.6 is 40.7 Å². The molecule has 0 radical (unpaired) electrons. The Bertz CT molecular complexity index is 718. The SMILES string of the molecule is Cc1nc(CCC(=O)NCC(N)C2CC2)oc1-c1ccc(Br)cc1.Cl.Cl. The highest BCUT2D eigenvalue weighted by Crippen LogP contribution is 2.31. The molecular formula is C18H24BrCl2N3O2. The van der Waals surface area contributed by atoms with Crippen molar-refractivity contribution in [3.63, 3.8) is 0 Å². The minimum absolute atomic E-state index is 0. The van der Waals surface area contributed by atoms with Crippen LogP contribution in [0.3, 0.4) is 0 Å². The molecule has 1 aromatic carbocycles. The number of rotatable bonds is 7. The molecule has 3 rings (SSSR count). The van der Waals surface area contributed by atoms with E-state index in [9.17, 15) is 4.79 Å². The summed E-state index contributed by atoms with van der Waals surface area (Å²) in [6.45, 7) is 2.47. The maximum Gasteiger partial charge on any atom is 0.220 e. The van der Waals surface area contributed by atoms with Crippen LogP contribution in [0.2, 0.25) is 0 Å². The molecule has 0 saturated heterocycles. The van der Waals surface area contributed by atoms with Crippen LogP contribution in [0.1, 0.15) is 30.8 Å². The van der Waals surface area contributed by atoms with E-state index in [1.807, 2.05) is 31.2 Å². The first-order chi connectivity index (χ1) is 11.5. The second kappa shape index (κ2) is 10.3. The quantitative estimate of drug-likeness (QED) is 0.647. The number of hydrogen-bond donors (Lipinski definition) is 2. The van der Waals surface area contributed by atoms with Crippen molar-refractivity contribution < 1.29 is 9.21 Å². The Labute approximate surface area is 174 Å². The van der Waals surface area contributed by atoms with Crippen molar-refractivity contribution in [2.45, 2.75) is 38.6 Å². The minimum Gasteiger partial charge on any atom is -0.440 e. The number of nitrogens with two attached hydrogens (primary N) is 1. The minimum atomic E-state index is -0.00727. The molecular weight excluding hydrogens is 441 g/mol. The first kappa shape index (κ1) is 23.0. The van der Waals surface area contributed by atoms with Crippen molar-refractivity contribution in [2.24, 2.45) is 11.7 Å². The zero-order chi connectivity index (χ0) is 17.1. The van der Waals surface area contributed by atoms with Crippen LogP contribution in [0, 0.1) is 12.8 Å². The molecule has 1 fully saturated rings. The standard InChI is InChI=1S/C18H22BrN3O2.2ClH/c1-11-18(13-4-6-14(19)7-5-13)24-17(22-11)9-8-16(23)21-10-15(20)12-2-3-12;;/h4-7,12,15H,2-3,8-10,20H2,1H3,(H,21,23);2*1H. The Morgan fingerprint density at radius 1 is 1.35 bits per heavy atom. The highest BCUT2D eigenvalue weighted by Gasteiger charge is 2.28. The molecule has 0 aliphatic heterocycles. The number of benzene rings is 1. The maximum absolute atomic E-state index is 11.9. The fraction of sp³-hybridized carbons (Fsp3) is 0.444. The van der Waals surface area contributed by atoms with E-state index in [0.717, 1.165) is 21.5 Å². The third-order valence-corrected chi connectivity index (χ3v) is 4.80. The lowest BCUT2D eigenvalue weighted by Crippen LogP contribution is -2.38. The fourth-order valence-corrected chi connectivity index (χ4v) is 2.92. The number of aryl methyl sites for hydroxylation is 2. The van der Waals surface area contributed by atoms with Gasteiger partial charge in [-0.3, -0.25) is 4.79 Å². The highest BCUT2D eigenvalue weighted by atomic mass is 79.9. The number of carbonyl (C=O) groups excluding carboxylic acids is 1. The Morgan fingerprint density at radius 3 is 2.62 bits per heavy atom. The Hall–Kier alpha value is -1.08. The molecule has 1 aliphatic rings.